The van der Waals surface area contributed by atoms with Crippen LogP contribution in [0.15, 0.2) is 59.4 Å². The van der Waals surface area contributed by atoms with Crippen LogP contribution in [0.25, 0.3) is 21.2 Å². The molecule has 0 bridgehead atoms. The molecule has 0 aliphatic rings. The first-order chi connectivity index (χ1) is 8.74. The number of hydrogen-bond acceptors (Lipinski definition) is 3. The molecule has 0 spiro atoms. The number of benzene rings is 2. The van der Waals surface area contributed by atoms with Crippen molar-refractivity contribution >= 4 is 21.4 Å². The molecule has 0 unspecified atom stereocenters. The van der Waals surface area contributed by atoms with E-state index in [1.807, 2.05) is 42.5 Å². The summed E-state index contributed by atoms with van der Waals surface area (Å²) in [6, 6.07) is 16.6. The van der Waals surface area contributed by atoms with Crippen LogP contribution in [0.5, 0.6) is 5.75 Å². The molecule has 0 atom stereocenters. The SMILES string of the molecule is O=c1sc2cc(O)ccc2cc1-c1ccccc1. The molecule has 0 fully saturated rings. The number of rotatable bonds is 1. The maximum absolute atomic E-state index is 12.1. The van der Waals surface area contributed by atoms with E-state index < -0.39 is 0 Å². The second-order valence-electron chi connectivity index (χ2n) is 4.04. The van der Waals surface area contributed by atoms with Crippen molar-refractivity contribution in [3.8, 4) is 16.9 Å². The van der Waals surface area contributed by atoms with Gasteiger partial charge < -0.3 is 5.11 Å². The predicted molar refractivity (Wildman–Crippen MR) is 75.2 cm³/mol. The summed E-state index contributed by atoms with van der Waals surface area (Å²) < 4.78 is 0.819. The fourth-order valence-electron chi connectivity index (χ4n) is 1.92. The molecule has 1 aromatic heterocycles. The first kappa shape index (κ1) is 11.0. The highest BCUT2D eigenvalue weighted by Gasteiger charge is 2.06. The van der Waals surface area contributed by atoms with Gasteiger partial charge in [0, 0.05) is 10.3 Å². The van der Waals surface area contributed by atoms with E-state index in [-0.39, 0.29) is 10.5 Å². The van der Waals surface area contributed by atoms with E-state index in [4.69, 9.17) is 0 Å². The molecule has 3 heteroatoms. The largest absolute Gasteiger partial charge is 0.508 e. The van der Waals surface area contributed by atoms with Crippen LogP contribution in [0.4, 0.5) is 0 Å². The van der Waals surface area contributed by atoms with Crippen molar-refractivity contribution in [2.24, 2.45) is 0 Å². The number of hydrogen-bond donors (Lipinski definition) is 1. The minimum atomic E-state index is 0.0132. The normalized spacial score (nSPS) is 10.7. The Labute approximate surface area is 108 Å². The molecule has 0 aliphatic carbocycles. The van der Waals surface area contributed by atoms with Crippen LogP contribution in [0.1, 0.15) is 0 Å². The lowest BCUT2D eigenvalue weighted by molar-refractivity contribution is 0.476. The molecule has 0 radical (unpaired) electrons. The van der Waals surface area contributed by atoms with Crippen LogP contribution in [-0.2, 0) is 0 Å². The van der Waals surface area contributed by atoms with Gasteiger partial charge in [-0.3, -0.25) is 4.79 Å². The van der Waals surface area contributed by atoms with Crippen LogP contribution in [0.2, 0.25) is 0 Å². The van der Waals surface area contributed by atoms with Crippen molar-refractivity contribution in [2.45, 2.75) is 0 Å². The van der Waals surface area contributed by atoms with Gasteiger partial charge in [-0.1, -0.05) is 41.7 Å². The van der Waals surface area contributed by atoms with Gasteiger partial charge in [-0.25, -0.2) is 0 Å². The van der Waals surface area contributed by atoms with E-state index in [0.717, 1.165) is 27.0 Å². The van der Waals surface area contributed by atoms with Crippen molar-refractivity contribution in [3.05, 3.63) is 64.1 Å². The zero-order chi connectivity index (χ0) is 12.5. The summed E-state index contributed by atoms with van der Waals surface area (Å²) in [5.41, 5.74) is 1.63. The first-order valence-electron chi connectivity index (χ1n) is 5.56. The molecular formula is C15H10O2S. The van der Waals surface area contributed by atoms with Crippen molar-refractivity contribution < 1.29 is 5.11 Å². The highest BCUT2D eigenvalue weighted by Crippen LogP contribution is 2.26. The average Bonchev–Trinajstić information content (AvgIpc) is 2.39. The Morgan fingerprint density at radius 1 is 0.944 bits per heavy atom. The highest BCUT2D eigenvalue weighted by atomic mass is 32.1. The van der Waals surface area contributed by atoms with Crippen LogP contribution in [0, 0.1) is 0 Å². The summed E-state index contributed by atoms with van der Waals surface area (Å²) in [6.07, 6.45) is 0. The van der Waals surface area contributed by atoms with Gasteiger partial charge in [0.1, 0.15) is 5.75 Å². The fourth-order valence-corrected chi connectivity index (χ4v) is 2.83. The zero-order valence-corrected chi connectivity index (χ0v) is 10.3. The third-order valence-corrected chi connectivity index (χ3v) is 3.78. The molecule has 0 aliphatic heterocycles. The number of fused-ring (bicyclic) bond motifs is 1. The van der Waals surface area contributed by atoms with Gasteiger partial charge in [0.2, 0.25) is 4.74 Å². The summed E-state index contributed by atoms with van der Waals surface area (Å²) >= 11 is 1.16. The van der Waals surface area contributed by atoms with Gasteiger partial charge in [-0.05, 0) is 35.2 Å². The maximum Gasteiger partial charge on any atom is 0.240 e. The summed E-state index contributed by atoms with van der Waals surface area (Å²) in [5.74, 6) is 0.186. The molecule has 0 saturated carbocycles. The standard InChI is InChI=1S/C15H10O2S/c16-12-7-6-11-8-13(10-4-2-1-3-5-10)15(17)18-14(11)9-12/h1-9,16H. The summed E-state index contributed by atoms with van der Waals surface area (Å²) in [5, 5.41) is 10.4. The highest BCUT2D eigenvalue weighted by molar-refractivity contribution is 7.16. The lowest BCUT2D eigenvalue weighted by Gasteiger charge is -2.02. The third-order valence-electron chi connectivity index (χ3n) is 2.80. The van der Waals surface area contributed by atoms with Gasteiger partial charge in [0.25, 0.3) is 0 Å². The van der Waals surface area contributed by atoms with E-state index in [1.54, 1.807) is 12.1 Å². The van der Waals surface area contributed by atoms with E-state index in [1.165, 1.54) is 0 Å². The predicted octanol–water partition coefficient (Wildman–Crippen LogP) is 3.63. The molecule has 1 heterocycles. The summed E-state index contributed by atoms with van der Waals surface area (Å²) in [6.45, 7) is 0. The minimum absolute atomic E-state index is 0.0132. The molecule has 1 N–H and O–H groups in total. The molecular weight excluding hydrogens is 244 g/mol. The molecule has 18 heavy (non-hydrogen) atoms. The van der Waals surface area contributed by atoms with Crippen molar-refractivity contribution in [3.63, 3.8) is 0 Å². The molecule has 0 saturated heterocycles. The van der Waals surface area contributed by atoms with Gasteiger partial charge in [-0.15, -0.1) is 0 Å². The Bertz CT molecular complexity index is 760. The van der Waals surface area contributed by atoms with Crippen LogP contribution < -0.4 is 4.74 Å². The Hall–Kier alpha value is -2.13. The second-order valence-corrected chi connectivity index (χ2v) is 5.05. The van der Waals surface area contributed by atoms with Crippen molar-refractivity contribution in [1.82, 2.24) is 0 Å². The molecule has 2 nitrogen and oxygen atoms in total. The second kappa shape index (κ2) is 4.27. The van der Waals surface area contributed by atoms with E-state index in [0.29, 0.717) is 5.56 Å². The van der Waals surface area contributed by atoms with Crippen LogP contribution in [0.3, 0.4) is 0 Å². The van der Waals surface area contributed by atoms with E-state index >= 15 is 0 Å². The molecule has 2 aromatic carbocycles. The van der Waals surface area contributed by atoms with Gasteiger partial charge in [0.05, 0.1) is 0 Å². The van der Waals surface area contributed by atoms with Gasteiger partial charge >= 0.3 is 0 Å². The Morgan fingerprint density at radius 2 is 1.72 bits per heavy atom. The fraction of sp³-hybridized carbons (Fsp3) is 0. The molecule has 88 valence electrons. The maximum atomic E-state index is 12.1. The minimum Gasteiger partial charge on any atom is -0.508 e. The zero-order valence-electron chi connectivity index (χ0n) is 9.46. The van der Waals surface area contributed by atoms with Gasteiger partial charge in [-0.2, -0.15) is 0 Å². The quantitative estimate of drug-likeness (QED) is 0.720. The summed E-state index contributed by atoms with van der Waals surface area (Å²) in [7, 11) is 0. The lowest BCUT2D eigenvalue weighted by atomic mass is 10.1. The Balaban J connectivity index is 2.29. The monoisotopic (exact) mass is 254 g/mol. The van der Waals surface area contributed by atoms with Crippen molar-refractivity contribution in [1.29, 1.82) is 0 Å². The number of aromatic hydroxyl groups is 1. The first-order valence-corrected chi connectivity index (χ1v) is 6.38. The van der Waals surface area contributed by atoms with Gasteiger partial charge in [0.15, 0.2) is 0 Å². The lowest BCUT2D eigenvalue weighted by Crippen LogP contribution is -1.98. The smallest absolute Gasteiger partial charge is 0.240 e. The number of phenolic OH excluding ortho intramolecular Hbond substituents is 1. The third kappa shape index (κ3) is 1.89. The van der Waals surface area contributed by atoms with Crippen LogP contribution >= 0.6 is 11.3 Å². The van der Waals surface area contributed by atoms with Crippen molar-refractivity contribution in [2.75, 3.05) is 0 Å². The van der Waals surface area contributed by atoms with Crippen LogP contribution in [-0.4, -0.2) is 5.11 Å². The molecule has 3 aromatic rings. The topological polar surface area (TPSA) is 37.3 Å². The Morgan fingerprint density at radius 3 is 2.50 bits per heavy atom. The Kier molecular flexibility index (Phi) is 2.61. The average molecular weight is 254 g/mol. The molecule has 3 rings (SSSR count). The molecule has 0 amide bonds. The van der Waals surface area contributed by atoms with E-state index in [9.17, 15) is 9.90 Å². The van der Waals surface area contributed by atoms with E-state index in [2.05, 4.69) is 0 Å². The number of phenols is 1. The summed E-state index contributed by atoms with van der Waals surface area (Å²) in [4.78, 5) is 12.1.